The molecule has 0 spiro atoms. The van der Waals surface area contributed by atoms with E-state index in [2.05, 4.69) is 20.4 Å². The summed E-state index contributed by atoms with van der Waals surface area (Å²) in [6, 6.07) is 0.838. The van der Waals surface area contributed by atoms with Crippen LogP contribution in [0.3, 0.4) is 0 Å². The first kappa shape index (κ1) is 12.7. The molecular formula is C12H17ClN4O2. The van der Waals surface area contributed by atoms with Crippen LogP contribution in [0.1, 0.15) is 37.5 Å². The third-order valence-corrected chi connectivity index (χ3v) is 4.05. The Kier molecular flexibility index (Phi) is 3.35. The van der Waals surface area contributed by atoms with Gasteiger partial charge in [-0.05, 0) is 25.7 Å². The number of aromatic nitrogens is 2. The number of nitrogens with zero attached hydrogens (tertiary/aromatic N) is 3. The van der Waals surface area contributed by atoms with Crippen LogP contribution in [0.15, 0.2) is 4.42 Å². The van der Waals surface area contributed by atoms with Crippen LogP contribution in [-0.2, 0) is 4.79 Å². The fourth-order valence-electron chi connectivity index (χ4n) is 2.80. The number of alkyl halides is 1. The van der Waals surface area contributed by atoms with Crippen molar-refractivity contribution in [3.63, 3.8) is 0 Å². The standard InChI is InChI=1S/C12H17ClN4O2/c1-7(13)11-15-16-12(19-11)17-5-4-9-8(6-17)2-3-10(18)14-9/h7-9H,2-6H2,1H3,(H,14,18). The maximum absolute atomic E-state index is 11.4. The SMILES string of the molecule is CC(Cl)c1nnc(N2CCC3NC(=O)CCC3C2)o1. The van der Waals surface area contributed by atoms with Crippen molar-refractivity contribution in [2.24, 2.45) is 5.92 Å². The van der Waals surface area contributed by atoms with Crippen LogP contribution in [0.4, 0.5) is 6.01 Å². The molecule has 104 valence electrons. The molecule has 2 aliphatic heterocycles. The van der Waals surface area contributed by atoms with Crippen molar-refractivity contribution in [1.29, 1.82) is 0 Å². The molecule has 0 saturated carbocycles. The third kappa shape index (κ3) is 2.54. The number of nitrogens with one attached hydrogen (secondary N) is 1. The van der Waals surface area contributed by atoms with Crippen LogP contribution in [0, 0.1) is 5.92 Å². The first-order valence-corrected chi connectivity index (χ1v) is 7.09. The number of rotatable bonds is 2. The molecule has 6 nitrogen and oxygen atoms in total. The molecular weight excluding hydrogens is 268 g/mol. The molecule has 3 atom stereocenters. The lowest BCUT2D eigenvalue weighted by Crippen LogP contribution is -2.54. The van der Waals surface area contributed by atoms with E-state index in [0.717, 1.165) is 25.9 Å². The first-order valence-electron chi connectivity index (χ1n) is 6.65. The largest absolute Gasteiger partial charge is 0.406 e. The van der Waals surface area contributed by atoms with Crippen LogP contribution in [0.2, 0.25) is 0 Å². The van der Waals surface area contributed by atoms with Crippen molar-refractivity contribution in [2.45, 2.75) is 37.6 Å². The summed E-state index contributed by atoms with van der Waals surface area (Å²) in [6.45, 7) is 3.48. The molecule has 1 aromatic rings. The van der Waals surface area contributed by atoms with E-state index in [1.54, 1.807) is 0 Å². The van der Waals surface area contributed by atoms with E-state index < -0.39 is 0 Å². The van der Waals surface area contributed by atoms with Gasteiger partial charge in [-0.3, -0.25) is 4.79 Å². The fourth-order valence-corrected chi connectivity index (χ4v) is 2.89. The second-order valence-corrected chi connectivity index (χ2v) is 5.90. The molecule has 1 aromatic heterocycles. The Hall–Kier alpha value is -1.30. The average molecular weight is 285 g/mol. The lowest BCUT2D eigenvalue weighted by molar-refractivity contribution is -0.124. The van der Waals surface area contributed by atoms with Gasteiger partial charge in [-0.25, -0.2) is 0 Å². The zero-order valence-electron chi connectivity index (χ0n) is 10.8. The van der Waals surface area contributed by atoms with Crippen LogP contribution < -0.4 is 10.2 Å². The Bertz CT molecular complexity index is 476. The van der Waals surface area contributed by atoms with E-state index in [0.29, 0.717) is 30.3 Å². The Morgan fingerprint density at radius 1 is 1.47 bits per heavy atom. The molecule has 3 unspecified atom stereocenters. The number of hydrogen-bond donors (Lipinski definition) is 1. The van der Waals surface area contributed by atoms with Gasteiger partial charge in [-0.15, -0.1) is 16.7 Å². The summed E-state index contributed by atoms with van der Waals surface area (Å²) in [5.74, 6) is 1.09. The second kappa shape index (κ2) is 5.00. The zero-order chi connectivity index (χ0) is 13.4. The molecule has 2 fully saturated rings. The van der Waals surface area contributed by atoms with Crippen molar-refractivity contribution in [2.75, 3.05) is 18.0 Å². The van der Waals surface area contributed by atoms with Gasteiger partial charge in [-0.2, -0.15) is 0 Å². The maximum Gasteiger partial charge on any atom is 0.318 e. The molecule has 3 rings (SSSR count). The van der Waals surface area contributed by atoms with E-state index in [9.17, 15) is 4.79 Å². The van der Waals surface area contributed by atoms with E-state index >= 15 is 0 Å². The predicted octanol–water partition coefficient (Wildman–Crippen LogP) is 1.47. The van der Waals surface area contributed by atoms with Gasteiger partial charge in [0, 0.05) is 25.6 Å². The number of piperidine rings is 2. The van der Waals surface area contributed by atoms with Crippen LogP contribution >= 0.6 is 11.6 Å². The highest BCUT2D eigenvalue weighted by Gasteiger charge is 2.35. The summed E-state index contributed by atoms with van der Waals surface area (Å²) in [6.07, 6.45) is 2.47. The van der Waals surface area contributed by atoms with Gasteiger partial charge < -0.3 is 14.6 Å². The summed E-state index contributed by atoms with van der Waals surface area (Å²) in [5.41, 5.74) is 0. The molecule has 0 aliphatic carbocycles. The highest BCUT2D eigenvalue weighted by molar-refractivity contribution is 6.20. The smallest absolute Gasteiger partial charge is 0.318 e. The van der Waals surface area contributed by atoms with E-state index in [-0.39, 0.29) is 11.3 Å². The molecule has 2 aliphatic rings. The summed E-state index contributed by atoms with van der Waals surface area (Å²) in [4.78, 5) is 13.5. The number of hydrogen-bond acceptors (Lipinski definition) is 5. The molecule has 0 radical (unpaired) electrons. The van der Waals surface area contributed by atoms with Crippen molar-refractivity contribution in [3.8, 4) is 0 Å². The van der Waals surface area contributed by atoms with Gasteiger partial charge in [-0.1, -0.05) is 5.10 Å². The maximum atomic E-state index is 11.4. The number of carbonyl (C=O) groups excluding carboxylic acids is 1. The normalized spacial score (nSPS) is 28.7. The van der Waals surface area contributed by atoms with Crippen LogP contribution in [0.25, 0.3) is 0 Å². The number of fused-ring (bicyclic) bond motifs is 1. The first-order chi connectivity index (χ1) is 9.13. The summed E-state index contributed by atoms with van der Waals surface area (Å²) in [5, 5.41) is 10.8. The third-order valence-electron chi connectivity index (χ3n) is 3.86. The molecule has 7 heteroatoms. The molecule has 2 saturated heterocycles. The number of amides is 1. The van der Waals surface area contributed by atoms with Gasteiger partial charge in [0.15, 0.2) is 0 Å². The average Bonchev–Trinajstić information content (AvgIpc) is 2.88. The quantitative estimate of drug-likeness (QED) is 0.833. The minimum atomic E-state index is -0.271. The lowest BCUT2D eigenvalue weighted by Gasteiger charge is -2.40. The monoisotopic (exact) mass is 284 g/mol. The minimum Gasteiger partial charge on any atom is -0.406 e. The molecule has 19 heavy (non-hydrogen) atoms. The molecule has 1 N–H and O–H groups in total. The fraction of sp³-hybridized carbons (Fsp3) is 0.750. The van der Waals surface area contributed by atoms with Crippen molar-refractivity contribution < 1.29 is 9.21 Å². The van der Waals surface area contributed by atoms with Gasteiger partial charge in [0.1, 0.15) is 5.38 Å². The van der Waals surface area contributed by atoms with Crippen molar-refractivity contribution in [1.82, 2.24) is 15.5 Å². The minimum absolute atomic E-state index is 0.172. The van der Waals surface area contributed by atoms with E-state index in [1.165, 1.54) is 0 Å². The summed E-state index contributed by atoms with van der Waals surface area (Å²) in [7, 11) is 0. The highest BCUT2D eigenvalue weighted by atomic mass is 35.5. The Balaban J connectivity index is 1.68. The van der Waals surface area contributed by atoms with Gasteiger partial charge in [0.2, 0.25) is 11.8 Å². The number of anilines is 1. The second-order valence-electron chi connectivity index (χ2n) is 5.25. The molecule has 0 aromatic carbocycles. The molecule has 3 heterocycles. The summed E-state index contributed by atoms with van der Waals surface area (Å²) < 4.78 is 5.57. The lowest BCUT2D eigenvalue weighted by atomic mass is 9.85. The van der Waals surface area contributed by atoms with Gasteiger partial charge >= 0.3 is 6.01 Å². The molecule has 1 amide bonds. The zero-order valence-corrected chi connectivity index (χ0v) is 11.6. The number of halogens is 1. The van der Waals surface area contributed by atoms with Crippen molar-refractivity contribution in [3.05, 3.63) is 5.89 Å². The van der Waals surface area contributed by atoms with Gasteiger partial charge in [0.05, 0.1) is 0 Å². The Labute approximate surface area is 116 Å². The van der Waals surface area contributed by atoms with Crippen LogP contribution in [-0.4, -0.2) is 35.2 Å². The van der Waals surface area contributed by atoms with E-state index in [1.807, 2.05) is 6.92 Å². The van der Waals surface area contributed by atoms with Crippen molar-refractivity contribution >= 4 is 23.5 Å². The number of carbonyl (C=O) groups is 1. The van der Waals surface area contributed by atoms with Gasteiger partial charge in [0.25, 0.3) is 0 Å². The summed E-state index contributed by atoms with van der Waals surface area (Å²) >= 11 is 5.92. The Morgan fingerprint density at radius 2 is 2.32 bits per heavy atom. The highest BCUT2D eigenvalue weighted by Crippen LogP contribution is 2.29. The Morgan fingerprint density at radius 3 is 3.05 bits per heavy atom. The molecule has 0 bridgehead atoms. The predicted molar refractivity (Wildman–Crippen MR) is 70.1 cm³/mol. The van der Waals surface area contributed by atoms with E-state index in [4.69, 9.17) is 16.0 Å². The topological polar surface area (TPSA) is 71.3 Å². The van der Waals surface area contributed by atoms with Crippen LogP contribution in [0.5, 0.6) is 0 Å².